The summed E-state index contributed by atoms with van der Waals surface area (Å²) in [4.78, 5) is 30.9. The maximum absolute atomic E-state index is 12.6. The summed E-state index contributed by atoms with van der Waals surface area (Å²) in [6, 6.07) is 17.0. The Morgan fingerprint density at radius 1 is 1.03 bits per heavy atom. The summed E-state index contributed by atoms with van der Waals surface area (Å²) in [7, 11) is 1.75. The minimum absolute atomic E-state index is 0.107. The van der Waals surface area contributed by atoms with E-state index in [1.54, 1.807) is 18.1 Å². The zero-order valence-electron chi connectivity index (χ0n) is 16.5. The number of rotatable bonds is 8. The van der Waals surface area contributed by atoms with E-state index in [-0.39, 0.29) is 30.9 Å². The average molecular weight is 409 g/mol. The highest BCUT2D eigenvalue weighted by Crippen LogP contribution is 2.23. The molecule has 3 aromatic rings. The number of thiazole rings is 1. The summed E-state index contributed by atoms with van der Waals surface area (Å²) >= 11 is 1.50. The number of likely N-dealkylation sites (N-methyl/N-ethyl adjacent to an activating group) is 1. The minimum Gasteiger partial charge on any atom is -0.342 e. The van der Waals surface area contributed by atoms with Gasteiger partial charge in [-0.05, 0) is 31.7 Å². The van der Waals surface area contributed by atoms with E-state index >= 15 is 0 Å². The van der Waals surface area contributed by atoms with Crippen LogP contribution in [0.4, 0.5) is 5.69 Å². The summed E-state index contributed by atoms with van der Waals surface area (Å²) in [6.07, 6.45) is 1.73. The Morgan fingerprint density at radius 3 is 2.38 bits per heavy atom. The quantitative estimate of drug-likeness (QED) is 0.600. The van der Waals surface area contributed by atoms with Crippen molar-refractivity contribution in [3.05, 3.63) is 82.3 Å². The highest BCUT2D eigenvalue weighted by molar-refractivity contribution is 7.09. The molecule has 0 spiro atoms. The van der Waals surface area contributed by atoms with Gasteiger partial charge in [-0.15, -0.1) is 11.3 Å². The number of carbonyl (C=O) groups is 2. The lowest BCUT2D eigenvalue weighted by atomic mass is 10.1. The van der Waals surface area contributed by atoms with E-state index < -0.39 is 0 Å². The van der Waals surface area contributed by atoms with Crippen molar-refractivity contribution in [2.24, 2.45) is 0 Å². The average Bonchev–Trinajstić information content (AvgIpc) is 3.23. The summed E-state index contributed by atoms with van der Waals surface area (Å²) in [6.45, 7) is 2.22. The molecule has 0 fully saturated rings. The van der Waals surface area contributed by atoms with E-state index in [0.717, 1.165) is 21.8 Å². The number of aryl methyl sites for hydroxylation is 1. The van der Waals surface area contributed by atoms with Crippen LogP contribution in [0, 0.1) is 6.92 Å². The van der Waals surface area contributed by atoms with Gasteiger partial charge < -0.3 is 10.6 Å². The molecular weight excluding hydrogens is 384 g/mol. The molecule has 1 unspecified atom stereocenters. The Hall–Kier alpha value is -3.03. The van der Waals surface area contributed by atoms with Gasteiger partial charge in [-0.3, -0.25) is 14.5 Å². The van der Waals surface area contributed by atoms with Crippen LogP contribution in [0.15, 0.2) is 66.2 Å². The van der Waals surface area contributed by atoms with Gasteiger partial charge in [0, 0.05) is 17.3 Å². The zero-order chi connectivity index (χ0) is 20.6. The molecule has 1 atom stereocenters. The van der Waals surface area contributed by atoms with Crippen molar-refractivity contribution in [2.45, 2.75) is 13.0 Å². The van der Waals surface area contributed by atoms with Gasteiger partial charge >= 0.3 is 0 Å². The molecule has 2 N–H and O–H groups in total. The molecule has 3 rings (SSSR count). The number of benzene rings is 2. The predicted molar refractivity (Wildman–Crippen MR) is 116 cm³/mol. The lowest BCUT2D eigenvalue weighted by molar-refractivity contribution is -0.123. The van der Waals surface area contributed by atoms with E-state index in [2.05, 4.69) is 15.6 Å². The summed E-state index contributed by atoms with van der Waals surface area (Å²) in [5, 5.41) is 8.58. The van der Waals surface area contributed by atoms with Gasteiger partial charge in [0.25, 0.3) is 0 Å². The number of carbonyl (C=O) groups excluding carboxylic acids is 2. The van der Waals surface area contributed by atoms with Crippen molar-refractivity contribution < 1.29 is 9.59 Å². The first-order valence-electron chi connectivity index (χ1n) is 9.30. The highest BCUT2D eigenvalue weighted by atomic mass is 32.1. The van der Waals surface area contributed by atoms with Crippen LogP contribution in [0.25, 0.3) is 0 Å². The van der Waals surface area contributed by atoms with Crippen LogP contribution >= 0.6 is 11.3 Å². The van der Waals surface area contributed by atoms with Crippen molar-refractivity contribution in [3.8, 4) is 0 Å². The molecule has 29 heavy (non-hydrogen) atoms. The van der Waals surface area contributed by atoms with Crippen molar-refractivity contribution in [3.63, 3.8) is 0 Å². The van der Waals surface area contributed by atoms with Gasteiger partial charge in [-0.2, -0.15) is 0 Å². The van der Waals surface area contributed by atoms with Crippen LogP contribution in [-0.4, -0.2) is 41.8 Å². The lowest BCUT2D eigenvalue weighted by Crippen LogP contribution is -2.40. The molecule has 0 aliphatic rings. The molecule has 0 radical (unpaired) electrons. The Labute approximate surface area is 174 Å². The van der Waals surface area contributed by atoms with E-state index in [0.29, 0.717) is 0 Å². The molecule has 7 heteroatoms. The Morgan fingerprint density at radius 2 is 1.72 bits per heavy atom. The fourth-order valence-electron chi connectivity index (χ4n) is 2.90. The molecule has 2 amide bonds. The van der Waals surface area contributed by atoms with Crippen LogP contribution in [0.5, 0.6) is 0 Å². The van der Waals surface area contributed by atoms with E-state index in [1.165, 1.54) is 11.3 Å². The van der Waals surface area contributed by atoms with Gasteiger partial charge in [0.15, 0.2) is 0 Å². The molecule has 0 bridgehead atoms. The molecule has 1 aromatic heterocycles. The Balaban J connectivity index is 1.55. The Kier molecular flexibility index (Phi) is 7.10. The van der Waals surface area contributed by atoms with Crippen molar-refractivity contribution in [1.82, 2.24) is 15.2 Å². The van der Waals surface area contributed by atoms with Gasteiger partial charge in [0.05, 0.1) is 13.1 Å². The predicted octanol–water partition coefficient (Wildman–Crippen LogP) is 3.23. The number of anilines is 1. The van der Waals surface area contributed by atoms with Gasteiger partial charge in [-0.25, -0.2) is 4.98 Å². The number of nitrogens with zero attached hydrogens (tertiary/aromatic N) is 2. The largest absolute Gasteiger partial charge is 0.342 e. The number of amides is 2. The second-order valence-electron chi connectivity index (χ2n) is 6.87. The molecular formula is C22H24N4O2S. The summed E-state index contributed by atoms with van der Waals surface area (Å²) in [5.41, 5.74) is 2.84. The topological polar surface area (TPSA) is 74.3 Å². The molecule has 0 saturated heterocycles. The van der Waals surface area contributed by atoms with Gasteiger partial charge in [0.2, 0.25) is 11.8 Å². The molecule has 0 aliphatic carbocycles. The second kappa shape index (κ2) is 9.95. The maximum Gasteiger partial charge on any atom is 0.238 e. The number of nitrogens with one attached hydrogen (secondary N) is 2. The van der Waals surface area contributed by atoms with Crippen molar-refractivity contribution >= 4 is 28.8 Å². The fourth-order valence-corrected chi connectivity index (χ4v) is 3.61. The first-order valence-corrected chi connectivity index (χ1v) is 10.2. The highest BCUT2D eigenvalue weighted by Gasteiger charge is 2.20. The van der Waals surface area contributed by atoms with Crippen molar-refractivity contribution in [1.29, 1.82) is 0 Å². The molecule has 150 valence electrons. The summed E-state index contributed by atoms with van der Waals surface area (Å²) < 4.78 is 0. The van der Waals surface area contributed by atoms with E-state index in [4.69, 9.17) is 0 Å². The van der Waals surface area contributed by atoms with Gasteiger partial charge in [0.1, 0.15) is 11.0 Å². The number of aromatic nitrogens is 1. The monoisotopic (exact) mass is 408 g/mol. The summed E-state index contributed by atoms with van der Waals surface area (Å²) in [5.74, 6) is -0.330. The van der Waals surface area contributed by atoms with E-state index in [9.17, 15) is 9.59 Å². The second-order valence-corrected chi connectivity index (χ2v) is 7.79. The SMILES string of the molecule is Cc1ccc(NC(=O)CN(C)CC(=O)NC(c2ccccc2)c2nccs2)cc1. The third kappa shape index (κ3) is 6.23. The maximum atomic E-state index is 12.6. The van der Waals surface area contributed by atoms with Crippen LogP contribution in [0.3, 0.4) is 0 Å². The van der Waals surface area contributed by atoms with Gasteiger partial charge in [-0.1, -0.05) is 48.0 Å². The van der Waals surface area contributed by atoms with Crippen LogP contribution in [0.1, 0.15) is 22.2 Å². The number of hydrogen-bond acceptors (Lipinski definition) is 5. The molecule has 2 aromatic carbocycles. The number of hydrogen-bond donors (Lipinski definition) is 2. The van der Waals surface area contributed by atoms with Crippen LogP contribution in [-0.2, 0) is 9.59 Å². The lowest BCUT2D eigenvalue weighted by Gasteiger charge is -2.20. The fraction of sp³-hybridized carbons (Fsp3) is 0.227. The molecule has 1 heterocycles. The van der Waals surface area contributed by atoms with Crippen LogP contribution < -0.4 is 10.6 Å². The normalized spacial score (nSPS) is 11.8. The third-order valence-corrected chi connectivity index (χ3v) is 5.14. The molecule has 0 saturated carbocycles. The zero-order valence-corrected chi connectivity index (χ0v) is 17.3. The minimum atomic E-state index is -0.307. The van der Waals surface area contributed by atoms with E-state index in [1.807, 2.05) is 66.9 Å². The van der Waals surface area contributed by atoms with Crippen molar-refractivity contribution in [2.75, 3.05) is 25.5 Å². The first-order chi connectivity index (χ1) is 14.0. The Bertz CT molecular complexity index is 927. The van der Waals surface area contributed by atoms with Crippen LogP contribution in [0.2, 0.25) is 0 Å². The first kappa shape index (κ1) is 20.7. The standard InChI is InChI=1S/C22H24N4O2S/c1-16-8-10-18(11-9-16)24-19(27)14-26(2)15-20(28)25-21(22-23-12-13-29-22)17-6-4-3-5-7-17/h3-13,21H,14-15H2,1-2H3,(H,24,27)(H,25,28). The molecule has 6 nitrogen and oxygen atoms in total. The molecule has 0 aliphatic heterocycles. The smallest absolute Gasteiger partial charge is 0.238 e. The third-order valence-electron chi connectivity index (χ3n) is 4.30.